The van der Waals surface area contributed by atoms with Gasteiger partial charge in [0.05, 0.1) is 6.04 Å². The maximum atomic E-state index is 12.6. The van der Waals surface area contributed by atoms with Crippen LogP contribution in [0.25, 0.3) is 0 Å². The predicted molar refractivity (Wildman–Crippen MR) is 62.2 cm³/mol. The molecular formula is C11H9F3N2S. The molecule has 0 aromatic heterocycles. The molecule has 0 spiro atoms. The number of thiocarbonyl (C=S) groups is 1. The van der Waals surface area contributed by atoms with Crippen LogP contribution in [0.1, 0.15) is 11.6 Å². The Hall–Kier alpha value is -1.56. The topological polar surface area (TPSA) is 24.1 Å². The average molecular weight is 258 g/mol. The number of halogens is 3. The molecule has 1 aromatic carbocycles. The molecule has 90 valence electrons. The third kappa shape index (κ3) is 2.76. The molecule has 1 aliphatic heterocycles. The van der Waals surface area contributed by atoms with Gasteiger partial charge in [0.2, 0.25) is 0 Å². The SMILES string of the molecule is FC(F)(F)C1=CC(c2ccccc2)NC(=S)N1. The van der Waals surface area contributed by atoms with Crippen LogP contribution in [0.5, 0.6) is 0 Å². The third-order valence-electron chi connectivity index (χ3n) is 2.33. The van der Waals surface area contributed by atoms with Crippen molar-refractivity contribution in [2.45, 2.75) is 12.2 Å². The largest absolute Gasteiger partial charge is 0.431 e. The molecule has 0 aliphatic carbocycles. The van der Waals surface area contributed by atoms with E-state index in [1.807, 2.05) is 0 Å². The van der Waals surface area contributed by atoms with Gasteiger partial charge in [0.1, 0.15) is 5.70 Å². The molecule has 2 N–H and O–H groups in total. The second-order valence-corrected chi connectivity index (χ2v) is 3.97. The molecule has 6 heteroatoms. The molecule has 1 unspecified atom stereocenters. The van der Waals surface area contributed by atoms with Crippen LogP contribution in [0.4, 0.5) is 13.2 Å². The van der Waals surface area contributed by atoms with Crippen molar-refractivity contribution in [1.82, 2.24) is 10.6 Å². The Bertz CT molecular complexity index is 454. The van der Waals surface area contributed by atoms with Crippen molar-refractivity contribution in [2.24, 2.45) is 0 Å². The van der Waals surface area contributed by atoms with Crippen LogP contribution in [0.15, 0.2) is 42.1 Å². The highest BCUT2D eigenvalue weighted by molar-refractivity contribution is 7.80. The van der Waals surface area contributed by atoms with Crippen molar-refractivity contribution in [3.05, 3.63) is 47.7 Å². The first-order chi connectivity index (χ1) is 7.97. The van der Waals surface area contributed by atoms with E-state index in [0.717, 1.165) is 11.6 Å². The Balaban J connectivity index is 2.33. The summed E-state index contributed by atoms with van der Waals surface area (Å²) in [5, 5.41) is 4.87. The molecule has 17 heavy (non-hydrogen) atoms. The molecule has 1 atom stereocenters. The highest BCUT2D eigenvalue weighted by Crippen LogP contribution is 2.28. The van der Waals surface area contributed by atoms with Gasteiger partial charge in [0.15, 0.2) is 5.11 Å². The summed E-state index contributed by atoms with van der Waals surface area (Å²) in [6.07, 6.45) is -3.33. The summed E-state index contributed by atoms with van der Waals surface area (Å²) in [5.74, 6) is 0. The monoisotopic (exact) mass is 258 g/mol. The van der Waals surface area contributed by atoms with Crippen molar-refractivity contribution in [3.63, 3.8) is 0 Å². The zero-order valence-electron chi connectivity index (χ0n) is 8.58. The number of rotatable bonds is 1. The summed E-state index contributed by atoms with van der Waals surface area (Å²) in [6.45, 7) is 0. The zero-order chi connectivity index (χ0) is 12.5. The Morgan fingerprint density at radius 2 is 1.76 bits per heavy atom. The van der Waals surface area contributed by atoms with Crippen LogP contribution in [0.2, 0.25) is 0 Å². The van der Waals surface area contributed by atoms with Crippen LogP contribution in [-0.4, -0.2) is 11.3 Å². The lowest BCUT2D eigenvalue weighted by atomic mass is 10.0. The Kier molecular flexibility index (Phi) is 3.06. The fourth-order valence-corrected chi connectivity index (χ4v) is 1.79. The predicted octanol–water partition coefficient (Wildman–Crippen LogP) is 2.65. The van der Waals surface area contributed by atoms with Crippen molar-refractivity contribution >= 4 is 17.3 Å². The molecule has 1 aromatic rings. The highest BCUT2D eigenvalue weighted by Gasteiger charge is 2.37. The summed E-state index contributed by atoms with van der Waals surface area (Å²) in [4.78, 5) is 0. The Labute approximate surface area is 102 Å². The summed E-state index contributed by atoms with van der Waals surface area (Å²) < 4.78 is 37.8. The fraction of sp³-hybridized carbons (Fsp3) is 0.182. The normalized spacial score (nSPS) is 20.3. The minimum Gasteiger partial charge on any atom is -0.352 e. The molecule has 2 rings (SSSR count). The lowest BCUT2D eigenvalue weighted by Crippen LogP contribution is -2.44. The lowest BCUT2D eigenvalue weighted by molar-refractivity contribution is -0.0956. The first-order valence-corrected chi connectivity index (χ1v) is 5.29. The van der Waals surface area contributed by atoms with Crippen LogP contribution in [0, 0.1) is 0 Å². The van der Waals surface area contributed by atoms with E-state index in [4.69, 9.17) is 12.2 Å². The first kappa shape index (κ1) is 11.9. The van der Waals surface area contributed by atoms with E-state index >= 15 is 0 Å². The van der Waals surface area contributed by atoms with Gasteiger partial charge in [-0.2, -0.15) is 13.2 Å². The van der Waals surface area contributed by atoms with E-state index in [9.17, 15) is 13.2 Å². The van der Waals surface area contributed by atoms with Gasteiger partial charge in [-0.05, 0) is 23.9 Å². The molecule has 0 bridgehead atoms. The molecule has 1 aliphatic rings. The van der Waals surface area contributed by atoms with Gasteiger partial charge >= 0.3 is 6.18 Å². The van der Waals surface area contributed by atoms with Gasteiger partial charge in [0, 0.05) is 0 Å². The van der Waals surface area contributed by atoms with Gasteiger partial charge in [-0.25, -0.2) is 0 Å². The minimum absolute atomic E-state index is 0.0197. The van der Waals surface area contributed by atoms with E-state index in [1.54, 1.807) is 30.3 Å². The number of allylic oxidation sites excluding steroid dienone is 1. The lowest BCUT2D eigenvalue weighted by Gasteiger charge is -2.26. The van der Waals surface area contributed by atoms with Crippen molar-refractivity contribution in [1.29, 1.82) is 0 Å². The number of benzene rings is 1. The number of hydrogen-bond donors (Lipinski definition) is 2. The molecule has 0 amide bonds. The molecule has 1 heterocycles. The maximum absolute atomic E-state index is 12.6. The number of nitrogens with one attached hydrogen (secondary N) is 2. The second kappa shape index (κ2) is 4.37. The van der Waals surface area contributed by atoms with E-state index in [1.165, 1.54) is 0 Å². The van der Waals surface area contributed by atoms with E-state index in [-0.39, 0.29) is 5.11 Å². The first-order valence-electron chi connectivity index (χ1n) is 4.88. The van der Waals surface area contributed by atoms with Crippen LogP contribution >= 0.6 is 12.2 Å². The second-order valence-electron chi connectivity index (χ2n) is 3.56. The van der Waals surface area contributed by atoms with Crippen LogP contribution in [-0.2, 0) is 0 Å². The molecule has 0 saturated heterocycles. The van der Waals surface area contributed by atoms with Crippen LogP contribution in [0.3, 0.4) is 0 Å². The summed E-state index contributed by atoms with van der Waals surface area (Å²) in [7, 11) is 0. The number of hydrogen-bond acceptors (Lipinski definition) is 1. The smallest absolute Gasteiger partial charge is 0.352 e. The fourth-order valence-electron chi connectivity index (χ4n) is 1.55. The summed E-state index contributed by atoms with van der Waals surface area (Å²) in [5.41, 5.74) is -0.0896. The molecule has 0 radical (unpaired) electrons. The standard InChI is InChI=1S/C11H9F3N2S/c12-11(13,14)9-6-8(15-10(17)16-9)7-4-2-1-3-5-7/h1-6,8H,(H2,15,16,17). The van der Waals surface area contributed by atoms with Gasteiger partial charge < -0.3 is 10.6 Å². The quantitative estimate of drug-likeness (QED) is 0.757. The Morgan fingerprint density at radius 1 is 1.12 bits per heavy atom. The number of alkyl halides is 3. The summed E-state index contributed by atoms with van der Waals surface area (Å²) >= 11 is 4.77. The van der Waals surface area contributed by atoms with E-state index < -0.39 is 17.9 Å². The van der Waals surface area contributed by atoms with E-state index in [0.29, 0.717) is 0 Å². The maximum Gasteiger partial charge on any atom is 0.431 e. The Morgan fingerprint density at radius 3 is 2.35 bits per heavy atom. The molecule has 0 fully saturated rings. The minimum atomic E-state index is -4.42. The van der Waals surface area contributed by atoms with Crippen molar-refractivity contribution < 1.29 is 13.2 Å². The molecule has 2 nitrogen and oxygen atoms in total. The van der Waals surface area contributed by atoms with E-state index in [2.05, 4.69) is 10.6 Å². The highest BCUT2D eigenvalue weighted by atomic mass is 32.1. The van der Waals surface area contributed by atoms with Crippen molar-refractivity contribution in [3.8, 4) is 0 Å². The van der Waals surface area contributed by atoms with Crippen molar-refractivity contribution in [2.75, 3.05) is 0 Å². The van der Waals surface area contributed by atoms with Gasteiger partial charge in [0.25, 0.3) is 0 Å². The third-order valence-corrected chi connectivity index (χ3v) is 2.55. The molecular weight excluding hydrogens is 249 g/mol. The zero-order valence-corrected chi connectivity index (χ0v) is 9.40. The average Bonchev–Trinajstić information content (AvgIpc) is 2.28. The van der Waals surface area contributed by atoms with Gasteiger partial charge in [-0.15, -0.1) is 0 Å². The van der Waals surface area contributed by atoms with Crippen LogP contribution < -0.4 is 10.6 Å². The summed E-state index contributed by atoms with van der Waals surface area (Å²) in [6, 6.07) is 8.28. The van der Waals surface area contributed by atoms with Gasteiger partial charge in [-0.1, -0.05) is 30.3 Å². The molecule has 0 saturated carbocycles. The van der Waals surface area contributed by atoms with Gasteiger partial charge in [-0.3, -0.25) is 0 Å².